The Morgan fingerprint density at radius 2 is 1.80 bits per heavy atom. The average molecular weight is 266 g/mol. The quantitative estimate of drug-likeness (QED) is 0.785. The topological polar surface area (TPSA) is 38.0 Å². The van der Waals surface area contributed by atoms with Crippen LogP contribution >= 0.6 is 0 Å². The van der Waals surface area contributed by atoms with E-state index < -0.39 is 6.10 Å². The number of aliphatic hydroxyl groups excluding tert-OH is 1. The molecule has 102 valence electrons. The average Bonchev–Trinajstić information content (AvgIpc) is 2.95. The first kappa shape index (κ1) is 12.9. The van der Waals surface area contributed by atoms with Crippen molar-refractivity contribution in [2.75, 3.05) is 0 Å². The third kappa shape index (κ3) is 2.10. The van der Waals surface area contributed by atoms with E-state index in [-0.39, 0.29) is 6.04 Å². The van der Waals surface area contributed by atoms with Crippen LogP contribution in [0.4, 0.5) is 0 Å². The van der Waals surface area contributed by atoms with Gasteiger partial charge in [-0.05, 0) is 30.2 Å². The maximum Gasteiger partial charge on any atom is 0.121 e. The number of nitrogens with zero attached hydrogens (tertiary/aromatic N) is 2. The van der Waals surface area contributed by atoms with Gasteiger partial charge >= 0.3 is 0 Å². The molecule has 0 saturated heterocycles. The van der Waals surface area contributed by atoms with Crippen LogP contribution in [0.3, 0.4) is 0 Å². The maximum absolute atomic E-state index is 10.7. The summed E-state index contributed by atoms with van der Waals surface area (Å²) in [6.07, 6.45) is 2.85. The van der Waals surface area contributed by atoms with Gasteiger partial charge in [0.2, 0.25) is 0 Å². The van der Waals surface area contributed by atoms with Crippen LogP contribution in [0.1, 0.15) is 37.3 Å². The zero-order chi connectivity index (χ0) is 14.1. The summed E-state index contributed by atoms with van der Waals surface area (Å²) in [5, 5.41) is 13.0. The van der Waals surface area contributed by atoms with Gasteiger partial charge in [-0.3, -0.25) is 0 Å². The van der Waals surface area contributed by atoms with Crippen LogP contribution in [0.15, 0.2) is 55.0 Å². The predicted octanol–water partition coefficient (Wildman–Crippen LogP) is 3.70. The van der Waals surface area contributed by atoms with E-state index in [1.807, 2.05) is 34.9 Å². The van der Waals surface area contributed by atoms with Gasteiger partial charge < -0.3 is 9.67 Å². The molecule has 0 aliphatic heterocycles. The molecule has 0 fully saturated rings. The highest BCUT2D eigenvalue weighted by Crippen LogP contribution is 2.29. The third-order valence-corrected chi connectivity index (χ3v) is 3.65. The normalized spacial score (nSPS) is 13.0. The molecule has 0 amide bonds. The minimum Gasteiger partial charge on any atom is -0.382 e. The summed E-state index contributed by atoms with van der Waals surface area (Å²) in [6.45, 7) is 4.17. The number of imidazole rings is 1. The molecular formula is C17H18N2O. The first-order valence-corrected chi connectivity index (χ1v) is 6.86. The predicted molar refractivity (Wildman–Crippen MR) is 80.6 cm³/mol. The van der Waals surface area contributed by atoms with Crippen LogP contribution in [0.2, 0.25) is 0 Å². The van der Waals surface area contributed by atoms with E-state index in [1.165, 1.54) is 0 Å². The number of rotatable bonds is 3. The van der Waals surface area contributed by atoms with Gasteiger partial charge in [-0.1, -0.05) is 42.5 Å². The van der Waals surface area contributed by atoms with E-state index in [0.29, 0.717) is 0 Å². The van der Waals surface area contributed by atoms with Crippen molar-refractivity contribution in [3.8, 4) is 0 Å². The summed E-state index contributed by atoms with van der Waals surface area (Å²) in [5.74, 6) is 0. The van der Waals surface area contributed by atoms with Crippen LogP contribution in [0.25, 0.3) is 10.8 Å². The molecule has 3 rings (SSSR count). The van der Waals surface area contributed by atoms with E-state index in [0.717, 1.165) is 22.0 Å². The van der Waals surface area contributed by atoms with Crippen molar-refractivity contribution in [3.05, 3.63) is 66.2 Å². The Kier molecular flexibility index (Phi) is 3.28. The second kappa shape index (κ2) is 5.10. The molecule has 20 heavy (non-hydrogen) atoms. The summed E-state index contributed by atoms with van der Waals surface area (Å²) < 4.78 is 2.01. The second-order valence-electron chi connectivity index (χ2n) is 5.29. The van der Waals surface area contributed by atoms with Crippen LogP contribution in [0.5, 0.6) is 0 Å². The summed E-state index contributed by atoms with van der Waals surface area (Å²) in [5.41, 5.74) is 1.75. The van der Waals surface area contributed by atoms with Gasteiger partial charge in [0.05, 0.1) is 18.2 Å². The van der Waals surface area contributed by atoms with Gasteiger partial charge in [0.25, 0.3) is 0 Å². The lowest BCUT2D eigenvalue weighted by molar-refractivity contribution is 0.209. The largest absolute Gasteiger partial charge is 0.382 e. The Morgan fingerprint density at radius 3 is 2.60 bits per heavy atom. The maximum atomic E-state index is 10.7. The SMILES string of the molecule is CC(C)n1cncc1C(O)c1cccc2ccccc12. The Balaban J connectivity index is 2.13. The Hall–Kier alpha value is -2.13. The third-order valence-electron chi connectivity index (χ3n) is 3.65. The van der Waals surface area contributed by atoms with Gasteiger partial charge in [0.15, 0.2) is 0 Å². The van der Waals surface area contributed by atoms with Gasteiger partial charge in [-0.25, -0.2) is 4.98 Å². The summed E-state index contributed by atoms with van der Waals surface area (Å²) in [6, 6.07) is 14.4. The summed E-state index contributed by atoms with van der Waals surface area (Å²) >= 11 is 0. The van der Waals surface area contributed by atoms with Crippen molar-refractivity contribution in [2.45, 2.75) is 26.0 Å². The van der Waals surface area contributed by atoms with Crippen LogP contribution < -0.4 is 0 Å². The monoisotopic (exact) mass is 266 g/mol. The molecule has 1 N–H and O–H groups in total. The number of fused-ring (bicyclic) bond motifs is 1. The van der Waals surface area contributed by atoms with E-state index in [2.05, 4.69) is 31.0 Å². The van der Waals surface area contributed by atoms with Crippen LogP contribution in [-0.4, -0.2) is 14.7 Å². The molecular weight excluding hydrogens is 248 g/mol. The van der Waals surface area contributed by atoms with Crippen molar-refractivity contribution < 1.29 is 5.11 Å². The van der Waals surface area contributed by atoms with E-state index in [1.54, 1.807) is 12.5 Å². The molecule has 2 aromatic carbocycles. The van der Waals surface area contributed by atoms with E-state index in [9.17, 15) is 5.11 Å². The fourth-order valence-corrected chi connectivity index (χ4v) is 2.61. The molecule has 0 aliphatic carbocycles. The van der Waals surface area contributed by atoms with Crippen molar-refractivity contribution in [3.63, 3.8) is 0 Å². The first-order valence-electron chi connectivity index (χ1n) is 6.86. The number of hydrogen-bond donors (Lipinski definition) is 1. The lowest BCUT2D eigenvalue weighted by Gasteiger charge is -2.18. The molecule has 1 atom stereocenters. The molecule has 1 unspecified atom stereocenters. The summed E-state index contributed by atoms with van der Waals surface area (Å²) in [4.78, 5) is 4.17. The fourth-order valence-electron chi connectivity index (χ4n) is 2.61. The van der Waals surface area contributed by atoms with Crippen molar-refractivity contribution in [1.29, 1.82) is 0 Å². The fraction of sp³-hybridized carbons (Fsp3) is 0.235. The standard InChI is InChI=1S/C17H18N2O/c1-12(2)19-11-18-10-16(19)17(20)15-9-5-7-13-6-3-4-8-14(13)15/h3-12,17,20H,1-2H3. The lowest BCUT2D eigenvalue weighted by Crippen LogP contribution is -2.10. The minimum atomic E-state index is -0.661. The number of aromatic nitrogens is 2. The van der Waals surface area contributed by atoms with Crippen LogP contribution in [0, 0.1) is 0 Å². The highest BCUT2D eigenvalue weighted by Gasteiger charge is 2.18. The minimum absolute atomic E-state index is 0.275. The molecule has 3 heteroatoms. The molecule has 0 spiro atoms. The van der Waals surface area contributed by atoms with Crippen molar-refractivity contribution >= 4 is 10.8 Å². The molecule has 1 aromatic heterocycles. The van der Waals surface area contributed by atoms with Gasteiger partial charge in [0, 0.05) is 6.04 Å². The zero-order valence-corrected chi connectivity index (χ0v) is 11.7. The van der Waals surface area contributed by atoms with Crippen molar-refractivity contribution in [2.24, 2.45) is 0 Å². The molecule has 0 radical (unpaired) electrons. The molecule has 0 bridgehead atoms. The lowest BCUT2D eigenvalue weighted by atomic mass is 9.99. The number of benzene rings is 2. The Bertz CT molecular complexity index is 725. The second-order valence-corrected chi connectivity index (χ2v) is 5.29. The highest BCUT2D eigenvalue weighted by molar-refractivity contribution is 5.86. The smallest absolute Gasteiger partial charge is 0.121 e. The van der Waals surface area contributed by atoms with Gasteiger partial charge in [0.1, 0.15) is 6.10 Å². The molecule has 0 saturated carbocycles. The number of aliphatic hydroxyl groups is 1. The van der Waals surface area contributed by atoms with Gasteiger partial charge in [-0.2, -0.15) is 0 Å². The van der Waals surface area contributed by atoms with E-state index >= 15 is 0 Å². The zero-order valence-electron chi connectivity index (χ0n) is 11.7. The molecule has 3 nitrogen and oxygen atoms in total. The molecule has 3 aromatic rings. The molecule has 1 heterocycles. The Morgan fingerprint density at radius 1 is 1.05 bits per heavy atom. The molecule has 0 aliphatic rings. The highest BCUT2D eigenvalue weighted by atomic mass is 16.3. The van der Waals surface area contributed by atoms with Crippen LogP contribution in [-0.2, 0) is 0 Å². The first-order chi connectivity index (χ1) is 9.68. The van der Waals surface area contributed by atoms with Crippen molar-refractivity contribution in [1.82, 2.24) is 9.55 Å². The number of hydrogen-bond acceptors (Lipinski definition) is 2. The summed E-state index contributed by atoms with van der Waals surface area (Å²) in [7, 11) is 0. The Labute approximate surface area is 118 Å². The van der Waals surface area contributed by atoms with E-state index in [4.69, 9.17) is 0 Å². The van der Waals surface area contributed by atoms with Gasteiger partial charge in [-0.15, -0.1) is 0 Å².